The van der Waals surface area contributed by atoms with Crippen LogP contribution < -0.4 is 5.32 Å². The van der Waals surface area contributed by atoms with Gasteiger partial charge < -0.3 is 15.0 Å². The number of amides is 1. The predicted octanol–water partition coefficient (Wildman–Crippen LogP) is 4.46. The van der Waals surface area contributed by atoms with E-state index < -0.39 is 32.5 Å². The molecular formula is C20H31Cl3F3N3O4S. The van der Waals surface area contributed by atoms with Gasteiger partial charge in [0, 0.05) is 24.5 Å². The summed E-state index contributed by atoms with van der Waals surface area (Å²) in [6.07, 6.45) is -1.77. The first-order valence-electron chi connectivity index (χ1n) is 11.5. The van der Waals surface area contributed by atoms with Crippen LogP contribution in [0.5, 0.6) is 0 Å². The Morgan fingerprint density at radius 3 is 2.15 bits per heavy atom. The van der Waals surface area contributed by atoms with Gasteiger partial charge in [0.05, 0.1) is 5.75 Å². The molecule has 0 spiro atoms. The predicted molar refractivity (Wildman–Crippen MR) is 125 cm³/mol. The van der Waals surface area contributed by atoms with Crippen LogP contribution in [0.1, 0.15) is 51.4 Å². The van der Waals surface area contributed by atoms with E-state index in [1.54, 1.807) is 4.31 Å². The molecule has 34 heavy (non-hydrogen) atoms. The van der Waals surface area contributed by atoms with Crippen molar-refractivity contribution in [2.24, 2.45) is 5.92 Å². The first kappa shape index (κ1) is 28.4. The molecule has 0 aliphatic carbocycles. The lowest BCUT2D eigenvalue weighted by molar-refractivity contribution is -0.136. The molecule has 2 bridgehead atoms. The summed E-state index contributed by atoms with van der Waals surface area (Å²) in [5, 5.41) is 2.74. The topological polar surface area (TPSA) is 79.0 Å². The van der Waals surface area contributed by atoms with Crippen molar-refractivity contribution in [1.29, 1.82) is 0 Å². The number of nitrogens with one attached hydrogen (secondary N) is 1. The molecule has 3 rings (SSSR count). The maximum atomic E-state index is 13.3. The van der Waals surface area contributed by atoms with E-state index in [-0.39, 0.29) is 42.8 Å². The van der Waals surface area contributed by atoms with E-state index in [1.165, 1.54) is 0 Å². The summed E-state index contributed by atoms with van der Waals surface area (Å²) in [6, 6.07) is -0.568. The SMILES string of the molecule is O=C(N[C@H]1C[C@H]2CC[C@@H](C1)N2S(=O)(=O)CC1CCN(CCCC(F)(F)F)CC1)OCC(Cl)(Cl)Cl. The highest BCUT2D eigenvalue weighted by Gasteiger charge is 2.47. The number of fused-ring (bicyclic) bond motifs is 2. The number of ether oxygens (including phenoxy) is 1. The summed E-state index contributed by atoms with van der Waals surface area (Å²) < 4.78 is 68.3. The maximum absolute atomic E-state index is 13.3. The van der Waals surface area contributed by atoms with Crippen LogP contribution in [0.4, 0.5) is 18.0 Å². The third-order valence-electron chi connectivity index (χ3n) is 6.76. The van der Waals surface area contributed by atoms with E-state index in [4.69, 9.17) is 39.5 Å². The number of likely N-dealkylation sites (tertiary alicyclic amines) is 1. The zero-order valence-corrected chi connectivity index (χ0v) is 21.8. The lowest BCUT2D eigenvalue weighted by atomic mass is 9.99. The molecule has 3 heterocycles. The fourth-order valence-corrected chi connectivity index (χ4v) is 7.88. The number of alkyl carbamates (subject to hydrolysis) is 1. The number of carbonyl (C=O) groups is 1. The van der Waals surface area contributed by atoms with Crippen LogP contribution in [0.25, 0.3) is 0 Å². The van der Waals surface area contributed by atoms with E-state index in [0.717, 1.165) is 12.8 Å². The van der Waals surface area contributed by atoms with Gasteiger partial charge in [-0.2, -0.15) is 17.5 Å². The average Bonchev–Trinajstić information content (AvgIpc) is 2.99. The molecule has 3 saturated heterocycles. The quantitative estimate of drug-likeness (QED) is 0.435. The third kappa shape index (κ3) is 8.73. The number of rotatable bonds is 8. The molecule has 3 aliphatic heterocycles. The molecule has 3 aliphatic rings. The normalized spacial score (nSPS) is 27.6. The molecule has 1 amide bonds. The lowest BCUT2D eigenvalue weighted by Crippen LogP contribution is -2.53. The van der Waals surface area contributed by atoms with Crippen LogP contribution in [-0.4, -0.2) is 83.8 Å². The highest BCUT2D eigenvalue weighted by Crippen LogP contribution is 2.39. The molecule has 0 saturated carbocycles. The van der Waals surface area contributed by atoms with Gasteiger partial charge >= 0.3 is 12.3 Å². The summed E-state index contributed by atoms with van der Waals surface area (Å²) in [6.45, 7) is 1.23. The van der Waals surface area contributed by atoms with Gasteiger partial charge in [-0.05, 0) is 70.5 Å². The molecule has 14 heteroatoms. The molecule has 0 radical (unpaired) electrons. The lowest BCUT2D eigenvalue weighted by Gasteiger charge is -2.39. The number of sulfonamides is 1. The molecule has 3 fully saturated rings. The Morgan fingerprint density at radius 1 is 1.03 bits per heavy atom. The maximum Gasteiger partial charge on any atom is 0.407 e. The highest BCUT2D eigenvalue weighted by atomic mass is 35.6. The summed E-state index contributed by atoms with van der Waals surface area (Å²) in [5.41, 5.74) is 0. The zero-order valence-electron chi connectivity index (χ0n) is 18.7. The van der Waals surface area contributed by atoms with Gasteiger partial charge in [0.1, 0.15) is 6.61 Å². The molecule has 0 aromatic rings. The fourth-order valence-electron chi connectivity index (χ4n) is 5.33. The van der Waals surface area contributed by atoms with E-state index in [1.807, 2.05) is 4.90 Å². The first-order valence-corrected chi connectivity index (χ1v) is 14.3. The average molecular weight is 573 g/mol. The van der Waals surface area contributed by atoms with Crippen LogP contribution in [0.15, 0.2) is 0 Å². The standard InChI is InChI=1S/C20H31Cl3F3N3O4S/c21-19(22,23)13-33-18(30)27-15-10-16-2-3-17(11-15)29(16)34(31,32)12-14-4-8-28(9-5-14)7-1-6-20(24,25)26/h14-17H,1-13H2,(H,27,30)/t15-,16+,17-. The Morgan fingerprint density at radius 2 is 1.62 bits per heavy atom. The monoisotopic (exact) mass is 571 g/mol. The van der Waals surface area contributed by atoms with Gasteiger partial charge in [0.15, 0.2) is 0 Å². The summed E-state index contributed by atoms with van der Waals surface area (Å²) in [5.74, 6) is 0.0516. The third-order valence-corrected chi connectivity index (χ3v) is 9.22. The number of carbonyl (C=O) groups excluding carboxylic acids is 1. The van der Waals surface area contributed by atoms with Crippen LogP contribution in [0.3, 0.4) is 0 Å². The van der Waals surface area contributed by atoms with E-state index >= 15 is 0 Å². The second-order valence-electron chi connectivity index (χ2n) is 9.50. The summed E-state index contributed by atoms with van der Waals surface area (Å²) >= 11 is 16.7. The molecule has 3 atom stereocenters. The molecule has 1 N–H and O–H groups in total. The minimum atomic E-state index is -4.14. The molecule has 0 unspecified atom stereocenters. The van der Waals surface area contributed by atoms with Crippen molar-refractivity contribution in [3.63, 3.8) is 0 Å². The minimum absolute atomic E-state index is 0.00369. The van der Waals surface area contributed by atoms with Gasteiger partial charge in [-0.1, -0.05) is 34.8 Å². The van der Waals surface area contributed by atoms with Gasteiger partial charge in [0.2, 0.25) is 13.8 Å². The molecular weight excluding hydrogens is 542 g/mol. The van der Waals surface area contributed by atoms with Crippen molar-refractivity contribution in [3.8, 4) is 0 Å². The first-order chi connectivity index (χ1) is 15.7. The Labute approximate surface area is 213 Å². The minimum Gasteiger partial charge on any atom is -0.445 e. The van der Waals surface area contributed by atoms with Crippen molar-refractivity contribution in [2.75, 3.05) is 32.0 Å². The van der Waals surface area contributed by atoms with Crippen LogP contribution in [-0.2, 0) is 14.8 Å². The van der Waals surface area contributed by atoms with Crippen LogP contribution in [0.2, 0.25) is 0 Å². The van der Waals surface area contributed by atoms with Crippen molar-refractivity contribution in [1.82, 2.24) is 14.5 Å². The molecule has 198 valence electrons. The summed E-state index contributed by atoms with van der Waals surface area (Å²) in [7, 11) is -3.48. The molecule has 7 nitrogen and oxygen atoms in total. The number of hydrogen-bond acceptors (Lipinski definition) is 5. The zero-order chi connectivity index (χ0) is 25.1. The molecule has 0 aromatic carbocycles. The highest BCUT2D eigenvalue weighted by molar-refractivity contribution is 7.89. The summed E-state index contributed by atoms with van der Waals surface area (Å²) in [4.78, 5) is 14.0. The van der Waals surface area contributed by atoms with Gasteiger partial charge in [-0.15, -0.1) is 0 Å². The smallest absolute Gasteiger partial charge is 0.407 e. The Balaban J connectivity index is 1.44. The fraction of sp³-hybridized carbons (Fsp3) is 0.950. The van der Waals surface area contributed by atoms with Crippen molar-refractivity contribution >= 4 is 50.9 Å². The van der Waals surface area contributed by atoms with Crippen LogP contribution in [0, 0.1) is 5.92 Å². The number of halogens is 6. The Kier molecular flexibility index (Phi) is 9.56. The van der Waals surface area contributed by atoms with Crippen molar-refractivity contribution in [2.45, 2.75) is 79.5 Å². The number of nitrogens with zero attached hydrogens (tertiary/aromatic N) is 2. The number of hydrogen-bond donors (Lipinski definition) is 1. The second-order valence-corrected chi connectivity index (χ2v) is 13.9. The largest absolute Gasteiger partial charge is 0.445 e. The van der Waals surface area contributed by atoms with Crippen molar-refractivity contribution in [3.05, 3.63) is 0 Å². The van der Waals surface area contributed by atoms with Crippen molar-refractivity contribution < 1.29 is 31.1 Å². The van der Waals surface area contributed by atoms with Gasteiger partial charge in [-0.25, -0.2) is 13.2 Å². The number of piperidine rings is 2. The van der Waals surface area contributed by atoms with Gasteiger partial charge in [0.25, 0.3) is 0 Å². The molecule has 0 aromatic heterocycles. The van der Waals surface area contributed by atoms with E-state index in [2.05, 4.69) is 5.32 Å². The Bertz CT molecular complexity index is 791. The van der Waals surface area contributed by atoms with Crippen LogP contribution >= 0.6 is 34.8 Å². The Hall–Kier alpha value is -0.200. The van der Waals surface area contributed by atoms with E-state index in [9.17, 15) is 26.4 Å². The second kappa shape index (κ2) is 11.5. The number of alkyl halides is 6. The van der Waals surface area contributed by atoms with Gasteiger partial charge in [-0.3, -0.25) is 0 Å². The van der Waals surface area contributed by atoms with E-state index in [0.29, 0.717) is 45.3 Å².